The number of aryl methyl sites for hydroxylation is 1. The predicted octanol–water partition coefficient (Wildman–Crippen LogP) is 12.1. The lowest BCUT2D eigenvalue weighted by atomic mass is 10.0. The minimum absolute atomic E-state index is 0.143. The fraction of sp³-hybridized carbons (Fsp3) is 0.333. The zero-order valence-corrected chi connectivity index (χ0v) is 44.3. The lowest BCUT2D eigenvalue weighted by Gasteiger charge is -2.29. The first kappa shape index (κ1) is 57.4. The minimum atomic E-state index is -0.651. The van der Waals surface area contributed by atoms with Crippen molar-refractivity contribution >= 4 is 41.5 Å². The standard InChI is InChI=1S/C63H68N2O13/c1-2-3-4-5-6-7-10-13-46-14-16-47(17-15-46)60(68)77-56-34-36-57(37-35-56)78-61(69)48-18-26-52(27-19-48)72-44-11-8-9-12-45-73-58(66)38-39-59(67)74-53-28-20-49(21-29-53)62(70)75-54-30-22-50(23-31-54)63(71)76-55-32-24-51(25-33-55)65-42-40-64-41-43-65/h14-37,64H,2-13,38-45H2,1H3. The van der Waals surface area contributed by atoms with E-state index >= 15 is 0 Å². The summed E-state index contributed by atoms with van der Waals surface area (Å²) in [5.41, 5.74) is 3.58. The molecular formula is C63H68N2O13. The van der Waals surface area contributed by atoms with Crippen molar-refractivity contribution < 1.29 is 61.9 Å². The number of ether oxygens (including phenoxy) is 7. The van der Waals surface area contributed by atoms with Gasteiger partial charge in [-0.05, 0) is 178 Å². The van der Waals surface area contributed by atoms with Gasteiger partial charge in [0.1, 0.15) is 34.5 Å². The Morgan fingerprint density at radius 1 is 0.397 bits per heavy atom. The molecule has 0 unspecified atom stereocenters. The highest BCUT2D eigenvalue weighted by Gasteiger charge is 2.17. The number of nitrogens with one attached hydrogen (secondary N) is 1. The Morgan fingerprint density at radius 2 is 0.769 bits per heavy atom. The number of rotatable bonds is 29. The van der Waals surface area contributed by atoms with Crippen molar-refractivity contribution in [2.45, 2.75) is 96.8 Å². The Hall–Kier alpha value is -8.30. The first-order valence-corrected chi connectivity index (χ1v) is 27.0. The number of nitrogens with zero attached hydrogens (tertiary/aromatic N) is 1. The van der Waals surface area contributed by atoms with Gasteiger partial charge in [0.15, 0.2) is 0 Å². The van der Waals surface area contributed by atoms with Crippen LogP contribution in [0.3, 0.4) is 0 Å². The van der Waals surface area contributed by atoms with E-state index in [9.17, 15) is 28.8 Å². The van der Waals surface area contributed by atoms with Gasteiger partial charge in [-0.1, -0.05) is 57.6 Å². The molecule has 0 aromatic heterocycles. The van der Waals surface area contributed by atoms with Gasteiger partial charge in [0.05, 0.1) is 48.3 Å². The normalized spacial score (nSPS) is 12.0. The molecule has 0 spiro atoms. The van der Waals surface area contributed by atoms with Crippen LogP contribution in [0.5, 0.6) is 34.5 Å². The fourth-order valence-electron chi connectivity index (χ4n) is 8.38. The Balaban J connectivity index is 0.692. The second-order valence-corrected chi connectivity index (χ2v) is 18.9. The molecule has 0 radical (unpaired) electrons. The maximum absolute atomic E-state index is 12.8. The van der Waals surface area contributed by atoms with Crippen molar-refractivity contribution in [3.63, 3.8) is 0 Å². The highest BCUT2D eigenvalue weighted by atomic mass is 16.6. The molecule has 0 aliphatic carbocycles. The number of anilines is 1. The summed E-state index contributed by atoms with van der Waals surface area (Å²) < 4.78 is 38.5. The highest BCUT2D eigenvalue weighted by molar-refractivity contribution is 5.93. The van der Waals surface area contributed by atoms with E-state index in [1.165, 1.54) is 92.6 Å². The van der Waals surface area contributed by atoms with Crippen molar-refractivity contribution in [3.8, 4) is 34.5 Å². The average molecular weight is 1060 g/mol. The Bertz CT molecular complexity index is 2850. The molecule has 1 N–H and O–H groups in total. The lowest BCUT2D eigenvalue weighted by Crippen LogP contribution is -2.43. The molecule has 0 atom stereocenters. The second-order valence-electron chi connectivity index (χ2n) is 18.9. The first-order chi connectivity index (χ1) is 38.1. The van der Waals surface area contributed by atoms with Gasteiger partial charge in [0.2, 0.25) is 0 Å². The van der Waals surface area contributed by atoms with E-state index in [-0.39, 0.29) is 42.1 Å². The van der Waals surface area contributed by atoms with E-state index in [2.05, 4.69) is 17.1 Å². The van der Waals surface area contributed by atoms with Gasteiger partial charge in [-0.15, -0.1) is 0 Å². The molecule has 6 aromatic carbocycles. The summed E-state index contributed by atoms with van der Waals surface area (Å²) >= 11 is 0. The molecule has 1 aliphatic rings. The third-order valence-corrected chi connectivity index (χ3v) is 12.8. The third kappa shape index (κ3) is 19.4. The van der Waals surface area contributed by atoms with Gasteiger partial charge in [-0.25, -0.2) is 19.2 Å². The lowest BCUT2D eigenvalue weighted by molar-refractivity contribution is -0.147. The third-order valence-electron chi connectivity index (χ3n) is 12.8. The van der Waals surface area contributed by atoms with E-state index in [1.807, 2.05) is 24.3 Å². The fourth-order valence-corrected chi connectivity index (χ4v) is 8.38. The number of esters is 6. The van der Waals surface area contributed by atoms with Crippen molar-refractivity contribution in [3.05, 3.63) is 173 Å². The van der Waals surface area contributed by atoms with Crippen LogP contribution < -0.4 is 38.6 Å². The number of hydrogen-bond donors (Lipinski definition) is 1. The summed E-state index contributed by atoms with van der Waals surface area (Å²) in [4.78, 5) is 78.1. The van der Waals surface area contributed by atoms with Crippen LogP contribution >= 0.6 is 0 Å². The zero-order valence-electron chi connectivity index (χ0n) is 44.3. The van der Waals surface area contributed by atoms with Crippen LogP contribution in [0.1, 0.15) is 137 Å². The molecule has 1 saturated heterocycles. The van der Waals surface area contributed by atoms with Gasteiger partial charge in [0, 0.05) is 31.9 Å². The molecule has 408 valence electrons. The monoisotopic (exact) mass is 1060 g/mol. The van der Waals surface area contributed by atoms with Crippen molar-refractivity contribution in [1.29, 1.82) is 0 Å². The molecule has 0 bridgehead atoms. The van der Waals surface area contributed by atoms with Crippen molar-refractivity contribution in [2.24, 2.45) is 0 Å². The van der Waals surface area contributed by atoms with Crippen LogP contribution in [0.25, 0.3) is 0 Å². The SMILES string of the molecule is CCCCCCCCCc1ccc(C(=O)Oc2ccc(OC(=O)c3ccc(OCCCCCCOC(=O)CCC(=O)Oc4ccc(C(=O)Oc5ccc(C(=O)Oc6ccc(N7CCNCC7)cc6)cc5)cc4)cc3)cc2)cc1. The predicted molar refractivity (Wildman–Crippen MR) is 295 cm³/mol. The maximum atomic E-state index is 12.8. The van der Waals surface area contributed by atoms with Gasteiger partial charge < -0.3 is 43.4 Å². The Kier molecular flexibility index (Phi) is 22.9. The Morgan fingerprint density at radius 3 is 1.26 bits per heavy atom. The summed E-state index contributed by atoms with van der Waals surface area (Å²) in [5.74, 6) is -1.24. The molecule has 15 heteroatoms. The van der Waals surface area contributed by atoms with E-state index in [4.69, 9.17) is 33.2 Å². The summed E-state index contributed by atoms with van der Waals surface area (Å²) in [7, 11) is 0. The number of unbranched alkanes of at least 4 members (excludes halogenated alkanes) is 9. The van der Waals surface area contributed by atoms with E-state index in [0.717, 1.165) is 64.0 Å². The summed E-state index contributed by atoms with van der Waals surface area (Å²) in [6.45, 7) is 6.58. The molecule has 1 aliphatic heterocycles. The quantitative estimate of drug-likeness (QED) is 0.0266. The molecule has 1 fully saturated rings. The first-order valence-electron chi connectivity index (χ1n) is 27.0. The van der Waals surface area contributed by atoms with Gasteiger partial charge in [-0.3, -0.25) is 9.59 Å². The molecule has 6 aromatic rings. The van der Waals surface area contributed by atoms with Gasteiger partial charge in [0.25, 0.3) is 0 Å². The number of hydrogen-bond acceptors (Lipinski definition) is 15. The molecular weight excluding hydrogens is 993 g/mol. The highest BCUT2D eigenvalue weighted by Crippen LogP contribution is 2.24. The molecule has 0 amide bonds. The van der Waals surface area contributed by atoms with E-state index in [0.29, 0.717) is 47.2 Å². The van der Waals surface area contributed by atoms with Crippen LogP contribution in [0, 0.1) is 0 Å². The summed E-state index contributed by atoms with van der Waals surface area (Å²) in [6.07, 6.45) is 12.5. The van der Waals surface area contributed by atoms with Crippen molar-refractivity contribution in [1.82, 2.24) is 5.32 Å². The number of benzene rings is 6. The summed E-state index contributed by atoms with van der Waals surface area (Å²) in [5, 5.41) is 3.32. The number of carbonyl (C=O) groups is 6. The van der Waals surface area contributed by atoms with Crippen LogP contribution in [0.15, 0.2) is 146 Å². The molecule has 78 heavy (non-hydrogen) atoms. The number of piperazine rings is 1. The number of carbonyl (C=O) groups excluding carboxylic acids is 6. The van der Waals surface area contributed by atoms with Gasteiger partial charge in [-0.2, -0.15) is 0 Å². The zero-order chi connectivity index (χ0) is 54.7. The van der Waals surface area contributed by atoms with Gasteiger partial charge >= 0.3 is 35.8 Å². The van der Waals surface area contributed by atoms with Crippen LogP contribution in [0.4, 0.5) is 5.69 Å². The van der Waals surface area contributed by atoms with Crippen molar-refractivity contribution in [2.75, 3.05) is 44.3 Å². The second kappa shape index (κ2) is 31.1. The topological polar surface area (TPSA) is 182 Å². The Labute approximate surface area is 456 Å². The molecule has 0 saturated carbocycles. The summed E-state index contributed by atoms with van der Waals surface area (Å²) in [6, 6.07) is 39.7. The molecule has 1 heterocycles. The van der Waals surface area contributed by atoms with Crippen LogP contribution in [-0.2, 0) is 20.7 Å². The molecule has 15 nitrogen and oxygen atoms in total. The average Bonchev–Trinajstić information content (AvgIpc) is 3.46. The van der Waals surface area contributed by atoms with Crippen LogP contribution in [-0.4, -0.2) is 75.2 Å². The largest absolute Gasteiger partial charge is 0.494 e. The smallest absolute Gasteiger partial charge is 0.343 e. The van der Waals surface area contributed by atoms with E-state index < -0.39 is 35.8 Å². The minimum Gasteiger partial charge on any atom is -0.494 e. The van der Waals surface area contributed by atoms with E-state index in [1.54, 1.807) is 72.8 Å². The molecule has 7 rings (SSSR count). The van der Waals surface area contributed by atoms with Crippen LogP contribution in [0.2, 0.25) is 0 Å². The maximum Gasteiger partial charge on any atom is 0.343 e.